The smallest absolute Gasteiger partial charge is 0.224 e. The number of ether oxygens (including phenoxy) is 1. The predicted molar refractivity (Wildman–Crippen MR) is 111 cm³/mol. The molecular formula is C22H24N4O3. The van der Waals surface area contributed by atoms with Gasteiger partial charge in [-0.05, 0) is 42.8 Å². The number of nitrogens with zero attached hydrogens (tertiary/aromatic N) is 3. The second kappa shape index (κ2) is 9.64. The molecule has 29 heavy (non-hydrogen) atoms. The van der Waals surface area contributed by atoms with Crippen LogP contribution in [-0.4, -0.2) is 33.1 Å². The van der Waals surface area contributed by atoms with E-state index in [4.69, 9.17) is 4.74 Å². The van der Waals surface area contributed by atoms with Crippen LogP contribution in [0.1, 0.15) is 36.5 Å². The van der Waals surface area contributed by atoms with Gasteiger partial charge in [0, 0.05) is 36.7 Å². The van der Waals surface area contributed by atoms with Crippen LogP contribution in [0.15, 0.2) is 54.9 Å². The monoisotopic (exact) mass is 392 g/mol. The second-order valence-corrected chi connectivity index (χ2v) is 6.69. The van der Waals surface area contributed by atoms with E-state index in [1.54, 1.807) is 41.2 Å². The molecule has 1 amide bonds. The normalized spacial score (nSPS) is 10.6. The minimum Gasteiger partial charge on any atom is -0.494 e. The number of ketones is 1. The number of carbonyl (C=O) groups excluding carboxylic acids is 2. The van der Waals surface area contributed by atoms with E-state index in [9.17, 15) is 9.59 Å². The molecule has 150 valence electrons. The first-order chi connectivity index (χ1) is 14.1. The van der Waals surface area contributed by atoms with Crippen molar-refractivity contribution in [3.63, 3.8) is 0 Å². The third-order valence-electron chi connectivity index (χ3n) is 4.34. The summed E-state index contributed by atoms with van der Waals surface area (Å²) in [6, 6.07) is 14.4. The van der Waals surface area contributed by atoms with E-state index in [1.165, 1.54) is 0 Å². The maximum atomic E-state index is 12.3. The number of Topliss-reactive ketones (excluding diaryl/α,β-unsaturated/α-hetero) is 1. The molecule has 0 bridgehead atoms. The highest BCUT2D eigenvalue weighted by Crippen LogP contribution is 2.20. The number of rotatable bonds is 9. The molecule has 0 aliphatic carbocycles. The zero-order valence-electron chi connectivity index (χ0n) is 16.6. The van der Waals surface area contributed by atoms with E-state index in [0.717, 1.165) is 17.7 Å². The molecule has 1 heterocycles. The van der Waals surface area contributed by atoms with E-state index in [2.05, 4.69) is 15.5 Å². The summed E-state index contributed by atoms with van der Waals surface area (Å²) in [5.41, 5.74) is 2.08. The molecule has 0 saturated carbocycles. The average Bonchev–Trinajstić information content (AvgIpc) is 3.17. The van der Waals surface area contributed by atoms with Gasteiger partial charge >= 0.3 is 0 Å². The lowest BCUT2D eigenvalue weighted by molar-refractivity contribution is -0.116. The summed E-state index contributed by atoms with van der Waals surface area (Å²) in [5.74, 6) is 1.16. The molecule has 0 spiro atoms. The standard InChI is InChI=1S/C22H24N4O3/c1-3-13-29-19-9-7-16(8-10-19)20(27)11-12-21(28)24-18-6-4-5-17(14-18)22-25-23-15-26(22)2/h4-10,14-15H,3,11-13H2,1-2H3,(H,24,28). The first-order valence-electron chi connectivity index (χ1n) is 9.57. The van der Waals surface area contributed by atoms with Crippen LogP contribution in [0.2, 0.25) is 0 Å². The van der Waals surface area contributed by atoms with Crippen molar-refractivity contribution < 1.29 is 14.3 Å². The van der Waals surface area contributed by atoms with Crippen molar-refractivity contribution in [1.29, 1.82) is 0 Å². The number of benzene rings is 2. The van der Waals surface area contributed by atoms with Gasteiger partial charge < -0.3 is 14.6 Å². The molecule has 0 unspecified atom stereocenters. The molecule has 1 aromatic heterocycles. The minimum absolute atomic E-state index is 0.0740. The third kappa shape index (κ3) is 5.51. The summed E-state index contributed by atoms with van der Waals surface area (Å²) in [6.07, 6.45) is 2.80. The van der Waals surface area contributed by atoms with Gasteiger partial charge in [-0.1, -0.05) is 19.1 Å². The molecule has 0 radical (unpaired) electrons. The van der Waals surface area contributed by atoms with Gasteiger partial charge in [0.25, 0.3) is 0 Å². The molecule has 3 aromatic rings. The van der Waals surface area contributed by atoms with Crippen LogP contribution in [0.25, 0.3) is 11.4 Å². The fraction of sp³-hybridized carbons (Fsp3) is 0.273. The molecule has 0 atom stereocenters. The zero-order valence-corrected chi connectivity index (χ0v) is 16.6. The summed E-state index contributed by atoms with van der Waals surface area (Å²) in [6.45, 7) is 2.68. The number of aromatic nitrogens is 3. The highest BCUT2D eigenvalue weighted by atomic mass is 16.5. The summed E-state index contributed by atoms with van der Waals surface area (Å²) < 4.78 is 7.32. The number of amides is 1. The first kappa shape index (κ1) is 20.3. The van der Waals surface area contributed by atoms with Crippen LogP contribution in [0.5, 0.6) is 5.75 Å². The molecule has 7 heteroatoms. The number of aryl methyl sites for hydroxylation is 1. The second-order valence-electron chi connectivity index (χ2n) is 6.69. The van der Waals surface area contributed by atoms with Gasteiger partial charge in [0.1, 0.15) is 12.1 Å². The fourth-order valence-electron chi connectivity index (χ4n) is 2.83. The molecule has 0 aliphatic heterocycles. The van der Waals surface area contributed by atoms with E-state index < -0.39 is 0 Å². The number of hydrogen-bond acceptors (Lipinski definition) is 5. The molecule has 0 fully saturated rings. The van der Waals surface area contributed by atoms with E-state index in [1.807, 2.05) is 32.2 Å². The number of anilines is 1. The molecule has 7 nitrogen and oxygen atoms in total. The topological polar surface area (TPSA) is 86.1 Å². The Bertz CT molecular complexity index is 980. The predicted octanol–water partition coefficient (Wildman–Crippen LogP) is 3.87. The first-order valence-corrected chi connectivity index (χ1v) is 9.57. The highest BCUT2D eigenvalue weighted by Gasteiger charge is 2.11. The van der Waals surface area contributed by atoms with E-state index in [0.29, 0.717) is 23.7 Å². The lowest BCUT2D eigenvalue weighted by Gasteiger charge is -2.08. The van der Waals surface area contributed by atoms with Crippen LogP contribution < -0.4 is 10.1 Å². The van der Waals surface area contributed by atoms with Crippen molar-refractivity contribution in [3.8, 4) is 17.1 Å². The van der Waals surface area contributed by atoms with Crippen molar-refractivity contribution in [2.45, 2.75) is 26.2 Å². The van der Waals surface area contributed by atoms with Crippen LogP contribution in [0, 0.1) is 0 Å². The number of nitrogens with one attached hydrogen (secondary N) is 1. The molecule has 0 aliphatic rings. The summed E-state index contributed by atoms with van der Waals surface area (Å²) in [5, 5.41) is 10.8. The van der Waals surface area contributed by atoms with Gasteiger partial charge in [-0.25, -0.2) is 0 Å². The fourth-order valence-corrected chi connectivity index (χ4v) is 2.83. The molecule has 3 rings (SSSR count). The summed E-state index contributed by atoms with van der Waals surface area (Å²) in [4.78, 5) is 24.6. The van der Waals surface area contributed by atoms with Crippen LogP contribution in [-0.2, 0) is 11.8 Å². The minimum atomic E-state index is -0.212. The Hall–Kier alpha value is -3.48. The van der Waals surface area contributed by atoms with E-state index in [-0.39, 0.29) is 24.5 Å². The molecule has 2 aromatic carbocycles. The lowest BCUT2D eigenvalue weighted by atomic mass is 10.1. The summed E-state index contributed by atoms with van der Waals surface area (Å²) in [7, 11) is 1.86. The van der Waals surface area contributed by atoms with Gasteiger partial charge in [0.05, 0.1) is 6.61 Å². The van der Waals surface area contributed by atoms with E-state index >= 15 is 0 Å². The van der Waals surface area contributed by atoms with Gasteiger partial charge in [-0.2, -0.15) is 0 Å². The Labute approximate surface area is 169 Å². The maximum absolute atomic E-state index is 12.3. The molecule has 1 N–H and O–H groups in total. The Morgan fingerprint density at radius 1 is 1.10 bits per heavy atom. The maximum Gasteiger partial charge on any atom is 0.224 e. The lowest BCUT2D eigenvalue weighted by Crippen LogP contribution is -2.13. The Morgan fingerprint density at radius 2 is 1.90 bits per heavy atom. The van der Waals surface area contributed by atoms with Crippen molar-refractivity contribution in [3.05, 3.63) is 60.4 Å². The molecule has 0 saturated heterocycles. The van der Waals surface area contributed by atoms with Crippen molar-refractivity contribution in [2.24, 2.45) is 7.05 Å². The van der Waals surface area contributed by atoms with Crippen LogP contribution in [0.4, 0.5) is 5.69 Å². The average molecular weight is 392 g/mol. The number of hydrogen-bond donors (Lipinski definition) is 1. The quantitative estimate of drug-likeness (QED) is 0.559. The third-order valence-corrected chi connectivity index (χ3v) is 4.34. The van der Waals surface area contributed by atoms with Crippen molar-refractivity contribution >= 4 is 17.4 Å². The SMILES string of the molecule is CCCOc1ccc(C(=O)CCC(=O)Nc2cccc(-c3nncn3C)c2)cc1. The Balaban J connectivity index is 1.53. The Morgan fingerprint density at radius 3 is 2.59 bits per heavy atom. The summed E-state index contributed by atoms with van der Waals surface area (Å²) >= 11 is 0. The number of carbonyl (C=O) groups is 2. The largest absolute Gasteiger partial charge is 0.494 e. The van der Waals surface area contributed by atoms with Crippen LogP contribution in [0.3, 0.4) is 0 Å². The van der Waals surface area contributed by atoms with Gasteiger partial charge in [-0.15, -0.1) is 10.2 Å². The van der Waals surface area contributed by atoms with Gasteiger partial charge in [0.2, 0.25) is 5.91 Å². The van der Waals surface area contributed by atoms with Crippen LogP contribution >= 0.6 is 0 Å². The Kier molecular flexibility index (Phi) is 6.73. The van der Waals surface area contributed by atoms with Gasteiger partial charge in [0.15, 0.2) is 11.6 Å². The highest BCUT2D eigenvalue weighted by molar-refractivity contribution is 6.00. The van der Waals surface area contributed by atoms with Crippen molar-refractivity contribution in [1.82, 2.24) is 14.8 Å². The zero-order chi connectivity index (χ0) is 20.6. The molecular weight excluding hydrogens is 368 g/mol. The van der Waals surface area contributed by atoms with Crippen molar-refractivity contribution in [2.75, 3.05) is 11.9 Å². The van der Waals surface area contributed by atoms with Gasteiger partial charge in [-0.3, -0.25) is 9.59 Å².